The molecule has 0 saturated heterocycles. The summed E-state index contributed by atoms with van der Waals surface area (Å²) in [5, 5.41) is 3.61. The van der Waals surface area contributed by atoms with Crippen LogP contribution in [0.3, 0.4) is 0 Å². The predicted molar refractivity (Wildman–Crippen MR) is 108 cm³/mol. The summed E-state index contributed by atoms with van der Waals surface area (Å²) in [5.74, 6) is 1.74. The molecule has 1 heteroatoms. The number of nitrogens with one attached hydrogen (secondary N) is 1. The van der Waals surface area contributed by atoms with Gasteiger partial charge in [-0.2, -0.15) is 0 Å². The van der Waals surface area contributed by atoms with Gasteiger partial charge in [-0.1, -0.05) is 55.0 Å². The van der Waals surface area contributed by atoms with E-state index >= 15 is 0 Å². The molecule has 0 aliphatic heterocycles. The highest BCUT2D eigenvalue weighted by molar-refractivity contribution is 5.84. The molecule has 2 saturated carbocycles. The summed E-state index contributed by atoms with van der Waals surface area (Å²) in [7, 11) is 0. The topological polar surface area (TPSA) is 12.0 Å². The third kappa shape index (κ3) is 1.86. The van der Waals surface area contributed by atoms with E-state index in [-0.39, 0.29) is 5.41 Å². The molecule has 2 fully saturated rings. The van der Waals surface area contributed by atoms with E-state index in [0.29, 0.717) is 0 Å². The van der Waals surface area contributed by atoms with E-state index in [1.54, 1.807) is 11.1 Å². The van der Waals surface area contributed by atoms with E-state index in [0.717, 1.165) is 17.5 Å². The molecule has 1 N–H and O–H groups in total. The number of rotatable bonds is 2. The third-order valence-corrected chi connectivity index (χ3v) is 7.11. The van der Waals surface area contributed by atoms with Gasteiger partial charge in [0.05, 0.1) is 0 Å². The smallest absolute Gasteiger partial charge is 0.0387 e. The van der Waals surface area contributed by atoms with Crippen LogP contribution in [0.1, 0.15) is 36.8 Å². The van der Waals surface area contributed by atoms with Gasteiger partial charge in [0.25, 0.3) is 0 Å². The summed E-state index contributed by atoms with van der Waals surface area (Å²) in [4.78, 5) is 0. The largest absolute Gasteiger partial charge is 0.356 e. The van der Waals surface area contributed by atoms with E-state index in [9.17, 15) is 0 Å². The van der Waals surface area contributed by atoms with Gasteiger partial charge < -0.3 is 5.32 Å². The quantitative estimate of drug-likeness (QED) is 0.561. The molecule has 0 radical (unpaired) electrons. The van der Waals surface area contributed by atoms with Crippen LogP contribution in [-0.2, 0) is 5.41 Å². The lowest BCUT2D eigenvalue weighted by molar-refractivity contribution is 0.327. The molecule has 3 aliphatic carbocycles. The maximum absolute atomic E-state index is 3.61. The first kappa shape index (κ1) is 14.6. The Bertz CT molecular complexity index is 990. The summed E-state index contributed by atoms with van der Waals surface area (Å²) in [6, 6.07) is 26.7. The lowest BCUT2D eigenvalue weighted by atomic mass is 9.67. The van der Waals surface area contributed by atoms with Gasteiger partial charge in [-0.15, -0.1) is 0 Å². The van der Waals surface area contributed by atoms with Crippen molar-refractivity contribution in [1.29, 1.82) is 0 Å². The Kier molecular flexibility index (Phi) is 2.94. The zero-order valence-electron chi connectivity index (χ0n) is 14.9. The summed E-state index contributed by atoms with van der Waals surface area (Å²) < 4.78 is 0. The minimum Gasteiger partial charge on any atom is -0.356 e. The molecule has 0 heterocycles. The summed E-state index contributed by atoms with van der Waals surface area (Å²) in [6.07, 6.45) is 5.60. The van der Waals surface area contributed by atoms with Gasteiger partial charge in [-0.3, -0.25) is 0 Å². The van der Waals surface area contributed by atoms with Crippen LogP contribution in [0.2, 0.25) is 0 Å². The summed E-state index contributed by atoms with van der Waals surface area (Å²) in [5.41, 5.74) is 8.75. The van der Waals surface area contributed by atoms with Crippen LogP contribution in [0.15, 0.2) is 72.8 Å². The van der Waals surface area contributed by atoms with E-state index in [4.69, 9.17) is 0 Å². The Morgan fingerprint density at radius 2 is 1.54 bits per heavy atom. The maximum Gasteiger partial charge on any atom is 0.0387 e. The monoisotopic (exact) mass is 337 g/mol. The fourth-order valence-electron chi connectivity index (χ4n) is 6.16. The highest BCUT2D eigenvalue weighted by atomic mass is 14.9. The molecule has 3 aromatic carbocycles. The van der Waals surface area contributed by atoms with Gasteiger partial charge in [0.15, 0.2) is 0 Å². The summed E-state index contributed by atoms with van der Waals surface area (Å²) >= 11 is 0. The van der Waals surface area contributed by atoms with Crippen molar-refractivity contribution in [2.75, 3.05) is 5.32 Å². The second kappa shape index (κ2) is 5.23. The SMILES string of the molecule is c1ccc(Nc2ccc3c(c2)[C@@]2(C[C@H]4CC[C@@H]2C4)c2ccccc2-3)cc1. The van der Waals surface area contributed by atoms with Gasteiger partial charge in [-0.05, 0) is 77.6 Å². The molecule has 1 nitrogen and oxygen atoms in total. The minimum absolute atomic E-state index is 0.267. The van der Waals surface area contributed by atoms with Gasteiger partial charge >= 0.3 is 0 Å². The second-order valence-electron chi connectivity index (χ2n) is 8.35. The van der Waals surface area contributed by atoms with E-state index in [2.05, 4.69) is 78.1 Å². The molecule has 1 spiro atoms. The van der Waals surface area contributed by atoms with Crippen LogP contribution in [0.25, 0.3) is 11.1 Å². The van der Waals surface area contributed by atoms with Gasteiger partial charge in [-0.25, -0.2) is 0 Å². The number of hydrogen-bond acceptors (Lipinski definition) is 1. The zero-order valence-corrected chi connectivity index (χ0v) is 14.9. The van der Waals surface area contributed by atoms with Crippen molar-refractivity contribution in [2.45, 2.75) is 31.1 Å². The van der Waals surface area contributed by atoms with Crippen molar-refractivity contribution >= 4 is 11.4 Å². The zero-order chi connectivity index (χ0) is 17.1. The fraction of sp³-hybridized carbons (Fsp3) is 0.280. The number of hydrogen-bond donors (Lipinski definition) is 1. The van der Waals surface area contributed by atoms with Crippen LogP contribution < -0.4 is 5.32 Å². The molecule has 26 heavy (non-hydrogen) atoms. The molecular formula is C25H23N. The number of fused-ring (bicyclic) bond motifs is 8. The number of para-hydroxylation sites is 1. The van der Waals surface area contributed by atoms with Crippen LogP contribution in [0.4, 0.5) is 11.4 Å². The van der Waals surface area contributed by atoms with Gasteiger partial charge in [0, 0.05) is 16.8 Å². The standard InChI is InChI=1S/C25H23N/c1-2-6-19(7-3-1)26-20-12-13-22-21-8-4-5-9-23(21)25(24(22)15-20)16-17-10-11-18(25)14-17/h1-9,12-13,15,17-18,26H,10-11,14,16H2/t17-,18+,25+/m0/s1. The normalized spacial score (nSPS) is 27.5. The van der Waals surface area contributed by atoms with E-state index in [1.165, 1.54) is 42.5 Å². The van der Waals surface area contributed by atoms with Crippen molar-refractivity contribution in [3.63, 3.8) is 0 Å². The first-order chi connectivity index (χ1) is 12.8. The molecule has 3 aliphatic rings. The lowest BCUT2D eigenvalue weighted by Gasteiger charge is -2.36. The molecule has 0 aromatic heterocycles. The average Bonchev–Trinajstić information content (AvgIpc) is 3.37. The highest BCUT2D eigenvalue weighted by Gasteiger charge is 2.56. The molecule has 3 aromatic rings. The molecule has 3 atom stereocenters. The molecule has 0 amide bonds. The predicted octanol–water partition coefficient (Wildman–Crippen LogP) is 6.52. The van der Waals surface area contributed by atoms with Crippen LogP contribution in [0, 0.1) is 11.8 Å². The van der Waals surface area contributed by atoms with E-state index < -0.39 is 0 Å². The maximum atomic E-state index is 3.61. The number of anilines is 2. The minimum atomic E-state index is 0.267. The van der Waals surface area contributed by atoms with Crippen molar-refractivity contribution in [3.8, 4) is 11.1 Å². The lowest BCUT2D eigenvalue weighted by Crippen LogP contribution is -2.31. The van der Waals surface area contributed by atoms with Crippen LogP contribution >= 0.6 is 0 Å². The molecular weight excluding hydrogens is 314 g/mol. The third-order valence-electron chi connectivity index (χ3n) is 7.11. The Labute approximate surface area is 155 Å². The van der Waals surface area contributed by atoms with Crippen molar-refractivity contribution in [2.24, 2.45) is 11.8 Å². The first-order valence-electron chi connectivity index (χ1n) is 9.91. The van der Waals surface area contributed by atoms with E-state index in [1.807, 2.05) is 0 Å². The average molecular weight is 337 g/mol. The molecule has 6 rings (SSSR count). The Balaban J connectivity index is 1.51. The Hall–Kier alpha value is -2.54. The van der Waals surface area contributed by atoms with Crippen molar-refractivity contribution in [3.05, 3.63) is 83.9 Å². The number of benzene rings is 3. The molecule has 2 bridgehead atoms. The van der Waals surface area contributed by atoms with Crippen LogP contribution in [-0.4, -0.2) is 0 Å². The van der Waals surface area contributed by atoms with Gasteiger partial charge in [0.2, 0.25) is 0 Å². The first-order valence-corrected chi connectivity index (χ1v) is 9.91. The molecule has 0 unspecified atom stereocenters. The summed E-state index contributed by atoms with van der Waals surface area (Å²) in [6.45, 7) is 0. The van der Waals surface area contributed by atoms with Gasteiger partial charge in [0.1, 0.15) is 0 Å². The van der Waals surface area contributed by atoms with Crippen molar-refractivity contribution in [1.82, 2.24) is 0 Å². The fourth-order valence-corrected chi connectivity index (χ4v) is 6.16. The molecule has 128 valence electrons. The highest BCUT2D eigenvalue weighted by Crippen LogP contribution is 2.65. The van der Waals surface area contributed by atoms with Crippen molar-refractivity contribution < 1.29 is 0 Å². The second-order valence-corrected chi connectivity index (χ2v) is 8.35. The Morgan fingerprint density at radius 3 is 2.35 bits per heavy atom. The Morgan fingerprint density at radius 1 is 0.731 bits per heavy atom. The van der Waals surface area contributed by atoms with Crippen LogP contribution in [0.5, 0.6) is 0 Å².